The Bertz CT molecular complexity index is 1970. The molecule has 5 aromatic carbocycles. The molecule has 1 N–H and O–H groups in total. The van der Waals surface area contributed by atoms with Crippen molar-refractivity contribution >= 4 is 49.1 Å². The van der Waals surface area contributed by atoms with Gasteiger partial charge in [0.1, 0.15) is 0 Å². The first-order chi connectivity index (χ1) is 20.0. The summed E-state index contributed by atoms with van der Waals surface area (Å²) in [7, 11) is -3.98. The SMILES string of the molecule is CCn1c2ccccc2c2cc(NC(=O)c3ccccc3N(Cc3ccccc3)S(=O)(=O)c3ccccc3)ccc21. The zero-order valence-corrected chi connectivity index (χ0v) is 23.4. The number of para-hydroxylation sites is 2. The Morgan fingerprint density at radius 3 is 2.12 bits per heavy atom. The van der Waals surface area contributed by atoms with Crippen LogP contribution in [-0.4, -0.2) is 18.9 Å². The van der Waals surface area contributed by atoms with Crippen LogP contribution in [0.2, 0.25) is 0 Å². The number of carbonyl (C=O) groups is 1. The standard InChI is InChI=1S/C34H29N3O3S/c1-2-36-31-19-11-9-17-28(31)30-23-26(21-22-32(30)36)35-34(38)29-18-10-12-20-33(29)37(24-25-13-5-3-6-14-25)41(39,40)27-15-7-4-8-16-27/h3-23H,2,24H2,1H3,(H,35,38). The highest BCUT2D eigenvalue weighted by molar-refractivity contribution is 7.92. The molecule has 0 aliphatic heterocycles. The number of sulfonamides is 1. The van der Waals surface area contributed by atoms with Gasteiger partial charge in [-0.3, -0.25) is 9.10 Å². The van der Waals surface area contributed by atoms with E-state index in [0.29, 0.717) is 11.4 Å². The Labute approximate surface area is 239 Å². The summed E-state index contributed by atoms with van der Waals surface area (Å²) in [6, 6.07) is 38.6. The predicted octanol–water partition coefficient (Wildman–Crippen LogP) is 7.46. The van der Waals surface area contributed by atoms with E-state index in [2.05, 4.69) is 28.9 Å². The largest absolute Gasteiger partial charge is 0.341 e. The zero-order chi connectivity index (χ0) is 28.4. The van der Waals surface area contributed by atoms with E-state index in [0.717, 1.165) is 33.9 Å². The zero-order valence-electron chi connectivity index (χ0n) is 22.6. The van der Waals surface area contributed by atoms with Gasteiger partial charge in [0.25, 0.3) is 15.9 Å². The Morgan fingerprint density at radius 1 is 0.732 bits per heavy atom. The van der Waals surface area contributed by atoms with Crippen molar-refractivity contribution in [1.82, 2.24) is 4.57 Å². The summed E-state index contributed by atoms with van der Waals surface area (Å²) in [5.74, 6) is -0.388. The van der Waals surface area contributed by atoms with Gasteiger partial charge in [0.2, 0.25) is 0 Å². The monoisotopic (exact) mass is 559 g/mol. The van der Waals surface area contributed by atoms with Crippen molar-refractivity contribution in [3.63, 3.8) is 0 Å². The molecule has 1 heterocycles. The van der Waals surface area contributed by atoms with Crippen molar-refractivity contribution in [2.24, 2.45) is 0 Å². The molecular formula is C34H29N3O3S. The van der Waals surface area contributed by atoms with Crippen molar-refractivity contribution in [2.75, 3.05) is 9.62 Å². The third-order valence-electron chi connectivity index (χ3n) is 7.26. The molecule has 6 rings (SSSR count). The summed E-state index contributed by atoms with van der Waals surface area (Å²) in [6.07, 6.45) is 0. The van der Waals surface area contributed by atoms with Crippen LogP contribution in [0.4, 0.5) is 11.4 Å². The molecule has 0 saturated heterocycles. The van der Waals surface area contributed by atoms with Crippen LogP contribution in [0.1, 0.15) is 22.8 Å². The van der Waals surface area contributed by atoms with Crippen LogP contribution in [0, 0.1) is 0 Å². The van der Waals surface area contributed by atoms with Crippen molar-refractivity contribution in [2.45, 2.75) is 24.9 Å². The average molecular weight is 560 g/mol. The number of aromatic nitrogens is 1. The molecule has 6 aromatic rings. The molecule has 0 fully saturated rings. The highest BCUT2D eigenvalue weighted by Gasteiger charge is 2.28. The number of amides is 1. The van der Waals surface area contributed by atoms with Crippen LogP contribution < -0.4 is 9.62 Å². The Balaban J connectivity index is 1.40. The minimum Gasteiger partial charge on any atom is -0.341 e. The van der Waals surface area contributed by atoms with Crippen LogP contribution in [0.25, 0.3) is 21.8 Å². The van der Waals surface area contributed by atoms with E-state index in [1.165, 1.54) is 4.31 Å². The minimum atomic E-state index is -3.98. The molecule has 0 aliphatic rings. The second-order valence-electron chi connectivity index (χ2n) is 9.77. The van der Waals surface area contributed by atoms with E-state index in [4.69, 9.17) is 0 Å². The van der Waals surface area contributed by atoms with Gasteiger partial charge in [-0.05, 0) is 61.0 Å². The lowest BCUT2D eigenvalue weighted by Crippen LogP contribution is -2.32. The lowest BCUT2D eigenvalue weighted by Gasteiger charge is -2.26. The van der Waals surface area contributed by atoms with Gasteiger partial charge in [-0.1, -0.05) is 78.9 Å². The summed E-state index contributed by atoms with van der Waals surface area (Å²) < 4.78 is 31.5. The molecule has 0 spiro atoms. The number of carbonyl (C=O) groups excluding carboxylic acids is 1. The van der Waals surface area contributed by atoms with Gasteiger partial charge in [-0.15, -0.1) is 0 Å². The smallest absolute Gasteiger partial charge is 0.264 e. The van der Waals surface area contributed by atoms with Crippen LogP contribution in [0.5, 0.6) is 0 Å². The number of hydrogen-bond donors (Lipinski definition) is 1. The third-order valence-corrected chi connectivity index (χ3v) is 9.04. The van der Waals surface area contributed by atoms with Gasteiger partial charge >= 0.3 is 0 Å². The molecule has 7 heteroatoms. The fourth-order valence-electron chi connectivity index (χ4n) is 5.32. The fourth-order valence-corrected chi connectivity index (χ4v) is 6.81. The van der Waals surface area contributed by atoms with Gasteiger partial charge < -0.3 is 9.88 Å². The van der Waals surface area contributed by atoms with Gasteiger partial charge in [-0.2, -0.15) is 0 Å². The second-order valence-corrected chi connectivity index (χ2v) is 11.6. The lowest BCUT2D eigenvalue weighted by atomic mass is 10.1. The van der Waals surface area contributed by atoms with E-state index in [1.54, 1.807) is 54.6 Å². The summed E-state index contributed by atoms with van der Waals surface area (Å²) in [4.78, 5) is 13.9. The van der Waals surface area contributed by atoms with Crippen molar-refractivity contribution in [3.05, 3.63) is 139 Å². The number of aryl methyl sites for hydroxylation is 1. The Morgan fingerprint density at radius 2 is 1.37 bits per heavy atom. The number of anilines is 2. The average Bonchev–Trinajstić information content (AvgIpc) is 3.33. The molecule has 0 atom stereocenters. The van der Waals surface area contributed by atoms with E-state index >= 15 is 0 Å². The fraction of sp³-hybridized carbons (Fsp3) is 0.0882. The second kappa shape index (κ2) is 10.9. The number of nitrogens with one attached hydrogen (secondary N) is 1. The molecule has 0 aliphatic carbocycles. The van der Waals surface area contributed by atoms with Gasteiger partial charge in [0.15, 0.2) is 0 Å². The van der Waals surface area contributed by atoms with Gasteiger partial charge in [0, 0.05) is 34.0 Å². The Hall–Kier alpha value is -4.88. The van der Waals surface area contributed by atoms with Crippen molar-refractivity contribution in [1.29, 1.82) is 0 Å². The maximum atomic E-state index is 14.0. The van der Waals surface area contributed by atoms with Crippen molar-refractivity contribution in [3.8, 4) is 0 Å². The highest BCUT2D eigenvalue weighted by Crippen LogP contribution is 2.33. The summed E-state index contributed by atoms with van der Waals surface area (Å²) >= 11 is 0. The Kier molecular flexibility index (Phi) is 7.03. The first-order valence-electron chi connectivity index (χ1n) is 13.5. The first kappa shape index (κ1) is 26.3. The molecular weight excluding hydrogens is 530 g/mol. The molecule has 0 unspecified atom stereocenters. The number of benzene rings is 5. The van der Waals surface area contributed by atoms with Crippen LogP contribution in [0.15, 0.2) is 132 Å². The lowest BCUT2D eigenvalue weighted by molar-refractivity contribution is 0.102. The summed E-state index contributed by atoms with van der Waals surface area (Å²) in [6.45, 7) is 3.02. The van der Waals surface area contributed by atoms with E-state index in [-0.39, 0.29) is 22.9 Å². The van der Waals surface area contributed by atoms with Crippen LogP contribution in [0.3, 0.4) is 0 Å². The van der Waals surface area contributed by atoms with E-state index in [1.807, 2.05) is 60.7 Å². The highest BCUT2D eigenvalue weighted by atomic mass is 32.2. The molecule has 1 amide bonds. The molecule has 6 nitrogen and oxygen atoms in total. The maximum absolute atomic E-state index is 14.0. The number of hydrogen-bond acceptors (Lipinski definition) is 3. The predicted molar refractivity (Wildman–Crippen MR) is 166 cm³/mol. The molecule has 0 bridgehead atoms. The number of rotatable bonds is 8. The molecule has 0 radical (unpaired) electrons. The molecule has 0 saturated carbocycles. The van der Waals surface area contributed by atoms with E-state index < -0.39 is 10.0 Å². The third kappa shape index (κ3) is 4.96. The van der Waals surface area contributed by atoms with Crippen molar-refractivity contribution < 1.29 is 13.2 Å². The maximum Gasteiger partial charge on any atom is 0.264 e. The van der Waals surface area contributed by atoms with Crippen LogP contribution >= 0.6 is 0 Å². The van der Waals surface area contributed by atoms with Gasteiger partial charge in [0.05, 0.1) is 22.7 Å². The van der Waals surface area contributed by atoms with Crippen LogP contribution in [-0.2, 0) is 23.1 Å². The first-order valence-corrected chi connectivity index (χ1v) is 14.9. The quantitative estimate of drug-likeness (QED) is 0.210. The topological polar surface area (TPSA) is 71.4 Å². The molecule has 41 heavy (non-hydrogen) atoms. The normalized spacial score (nSPS) is 11.5. The van der Waals surface area contributed by atoms with Gasteiger partial charge in [-0.25, -0.2) is 8.42 Å². The summed E-state index contributed by atoms with van der Waals surface area (Å²) in [5.41, 5.74) is 4.24. The minimum absolute atomic E-state index is 0.0742. The number of nitrogens with zero attached hydrogens (tertiary/aromatic N) is 2. The molecule has 204 valence electrons. The summed E-state index contributed by atoms with van der Waals surface area (Å²) in [5, 5.41) is 5.18. The van der Waals surface area contributed by atoms with E-state index in [9.17, 15) is 13.2 Å². The number of fused-ring (bicyclic) bond motifs is 3. The molecule has 1 aromatic heterocycles.